The summed E-state index contributed by atoms with van der Waals surface area (Å²) in [5, 5.41) is 11.2. The molecule has 2 aromatic rings. The van der Waals surface area contributed by atoms with Crippen LogP contribution in [-0.4, -0.2) is 33.0 Å². The Morgan fingerprint density at radius 3 is 2.29 bits per heavy atom. The first-order valence-electron chi connectivity index (χ1n) is 7.57. The van der Waals surface area contributed by atoms with Crippen LogP contribution in [0.15, 0.2) is 30.5 Å². The summed E-state index contributed by atoms with van der Waals surface area (Å²) in [6, 6.07) is 8.85. The van der Waals surface area contributed by atoms with E-state index in [4.69, 9.17) is 0 Å². The molecule has 1 N–H and O–H groups in total. The van der Waals surface area contributed by atoms with Crippen molar-refractivity contribution in [3.63, 3.8) is 0 Å². The van der Waals surface area contributed by atoms with Crippen molar-refractivity contribution in [2.45, 2.75) is 33.5 Å². The van der Waals surface area contributed by atoms with Crippen LogP contribution in [0.3, 0.4) is 0 Å². The van der Waals surface area contributed by atoms with Gasteiger partial charge < -0.3 is 5.32 Å². The maximum Gasteiger partial charge on any atom is 0.0738 e. The summed E-state index contributed by atoms with van der Waals surface area (Å²) in [6.07, 6.45) is 1.79. The van der Waals surface area contributed by atoms with Crippen LogP contribution >= 0.6 is 0 Å². The molecule has 0 spiro atoms. The van der Waals surface area contributed by atoms with Gasteiger partial charge in [-0.15, -0.1) is 5.10 Å². The Hall–Kier alpha value is -1.72. The predicted octanol–water partition coefficient (Wildman–Crippen LogP) is 1.95. The quantitative estimate of drug-likeness (QED) is 0.806. The average molecular weight is 287 g/mol. The summed E-state index contributed by atoms with van der Waals surface area (Å²) >= 11 is 0. The van der Waals surface area contributed by atoms with Gasteiger partial charge in [0.1, 0.15) is 0 Å². The number of benzene rings is 1. The smallest absolute Gasteiger partial charge is 0.0738 e. The van der Waals surface area contributed by atoms with E-state index < -0.39 is 0 Å². The molecule has 0 saturated carbocycles. The minimum absolute atomic E-state index is 0.782. The minimum Gasteiger partial charge on any atom is -0.307 e. The highest BCUT2D eigenvalue weighted by atomic mass is 15.4. The van der Waals surface area contributed by atoms with Crippen molar-refractivity contribution in [3.8, 4) is 0 Å². The Bertz CT molecular complexity index is 528. The number of aryl methyl sites for hydroxylation is 1. The molecule has 0 aliphatic rings. The number of hydrogen-bond donors (Lipinski definition) is 1. The lowest BCUT2D eigenvalue weighted by atomic mass is 10.1. The Balaban J connectivity index is 1.81. The molecule has 5 nitrogen and oxygen atoms in total. The van der Waals surface area contributed by atoms with Crippen molar-refractivity contribution < 1.29 is 0 Å². The van der Waals surface area contributed by atoms with Gasteiger partial charge in [-0.1, -0.05) is 43.3 Å². The zero-order valence-electron chi connectivity index (χ0n) is 13.2. The highest BCUT2D eigenvalue weighted by Gasteiger charge is 2.02. The van der Waals surface area contributed by atoms with Crippen molar-refractivity contribution in [3.05, 3.63) is 47.3 Å². The van der Waals surface area contributed by atoms with Gasteiger partial charge in [-0.25, -0.2) is 0 Å². The van der Waals surface area contributed by atoms with Gasteiger partial charge in [0.15, 0.2) is 0 Å². The number of nitrogens with zero attached hydrogens (tertiary/aromatic N) is 4. The molecule has 5 heteroatoms. The van der Waals surface area contributed by atoms with Crippen LogP contribution in [0.5, 0.6) is 0 Å². The van der Waals surface area contributed by atoms with Crippen molar-refractivity contribution >= 4 is 0 Å². The van der Waals surface area contributed by atoms with Crippen molar-refractivity contribution in [1.29, 1.82) is 0 Å². The van der Waals surface area contributed by atoms with E-state index in [1.165, 1.54) is 11.1 Å². The molecular formula is C16H25N5. The second-order valence-electron chi connectivity index (χ2n) is 5.23. The fourth-order valence-corrected chi connectivity index (χ4v) is 2.27. The van der Waals surface area contributed by atoms with Crippen LogP contribution in [0.1, 0.15) is 30.7 Å². The Labute approximate surface area is 127 Å². The minimum atomic E-state index is 0.782. The molecule has 0 aliphatic carbocycles. The van der Waals surface area contributed by atoms with E-state index in [0.29, 0.717) is 0 Å². The SMILES string of the molecule is CCN(CC)Cc1ccc(CNCc2cnnn2C)cc1. The second-order valence-corrected chi connectivity index (χ2v) is 5.23. The lowest BCUT2D eigenvalue weighted by Gasteiger charge is -2.18. The molecule has 0 aliphatic heterocycles. The zero-order valence-corrected chi connectivity index (χ0v) is 13.2. The van der Waals surface area contributed by atoms with Crippen LogP contribution in [0.4, 0.5) is 0 Å². The Kier molecular flexibility index (Phi) is 5.90. The third-order valence-electron chi connectivity index (χ3n) is 3.77. The molecule has 114 valence electrons. The highest BCUT2D eigenvalue weighted by molar-refractivity contribution is 5.22. The molecule has 0 atom stereocenters. The van der Waals surface area contributed by atoms with Gasteiger partial charge in [0, 0.05) is 26.7 Å². The molecule has 0 saturated heterocycles. The van der Waals surface area contributed by atoms with Crippen LogP contribution in [0.2, 0.25) is 0 Å². The van der Waals surface area contributed by atoms with Gasteiger partial charge in [-0.05, 0) is 24.2 Å². The lowest BCUT2D eigenvalue weighted by molar-refractivity contribution is 0.296. The first-order valence-corrected chi connectivity index (χ1v) is 7.57. The van der Waals surface area contributed by atoms with Gasteiger partial charge in [-0.2, -0.15) is 0 Å². The van der Waals surface area contributed by atoms with Gasteiger partial charge >= 0.3 is 0 Å². The Morgan fingerprint density at radius 1 is 1.05 bits per heavy atom. The molecule has 21 heavy (non-hydrogen) atoms. The fraction of sp³-hybridized carbons (Fsp3) is 0.500. The average Bonchev–Trinajstić information content (AvgIpc) is 2.92. The van der Waals surface area contributed by atoms with Crippen LogP contribution in [0, 0.1) is 0 Å². The summed E-state index contributed by atoms with van der Waals surface area (Å²) in [7, 11) is 1.91. The molecule has 1 heterocycles. The first-order chi connectivity index (χ1) is 10.2. The monoisotopic (exact) mass is 287 g/mol. The van der Waals surface area contributed by atoms with Crippen LogP contribution in [-0.2, 0) is 26.7 Å². The summed E-state index contributed by atoms with van der Waals surface area (Å²) in [6.45, 7) is 9.27. The van der Waals surface area contributed by atoms with Crippen LogP contribution < -0.4 is 5.32 Å². The molecule has 0 unspecified atom stereocenters. The van der Waals surface area contributed by atoms with E-state index in [1.54, 1.807) is 10.9 Å². The molecule has 0 amide bonds. The molecule has 0 radical (unpaired) electrons. The number of nitrogens with one attached hydrogen (secondary N) is 1. The van der Waals surface area contributed by atoms with Crippen molar-refractivity contribution in [2.75, 3.05) is 13.1 Å². The number of hydrogen-bond acceptors (Lipinski definition) is 4. The maximum absolute atomic E-state index is 3.92. The summed E-state index contributed by atoms with van der Waals surface area (Å²) < 4.78 is 1.79. The van der Waals surface area contributed by atoms with E-state index >= 15 is 0 Å². The van der Waals surface area contributed by atoms with E-state index in [1.807, 2.05) is 7.05 Å². The van der Waals surface area contributed by atoms with E-state index in [2.05, 4.69) is 58.6 Å². The number of rotatable bonds is 8. The van der Waals surface area contributed by atoms with E-state index in [9.17, 15) is 0 Å². The molecule has 2 rings (SSSR count). The zero-order chi connectivity index (χ0) is 15.1. The highest BCUT2D eigenvalue weighted by Crippen LogP contribution is 2.07. The van der Waals surface area contributed by atoms with Crippen molar-refractivity contribution in [2.24, 2.45) is 7.05 Å². The summed E-state index contributed by atoms with van der Waals surface area (Å²) in [4.78, 5) is 2.42. The standard InChI is InChI=1S/C16H25N5/c1-4-21(5-2)13-15-8-6-14(7-9-15)10-17-11-16-12-18-19-20(16)3/h6-9,12,17H,4-5,10-11,13H2,1-3H3. The van der Waals surface area contributed by atoms with Gasteiger partial charge in [0.25, 0.3) is 0 Å². The van der Waals surface area contributed by atoms with Gasteiger partial charge in [-0.3, -0.25) is 9.58 Å². The molecule has 0 fully saturated rings. The predicted molar refractivity (Wildman–Crippen MR) is 84.6 cm³/mol. The van der Waals surface area contributed by atoms with Crippen molar-refractivity contribution in [1.82, 2.24) is 25.2 Å². The Morgan fingerprint density at radius 2 is 1.71 bits per heavy atom. The molecule has 0 bridgehead atoms. The summed E-state index contributed by atoms with van der Waals surface area (Å²) in [5.74, 6) is 0. The molecule has 1 aromatic carbocycles. The fourth-order valence-electron chi connectivity index (χ4n) is 2.27. The van der Waals surface area contributed by atoms with Gasteiger partial charge in [0.05, 0.1) is 11.9 Å². The largest absolute Gasteiger partial charge is 0.307 e. The lowest BCUT2D eigenvalue weighted by Crippen LogP contribution is -2.22. The number of aromatic nitrogens is 3. The topological polar surface area (TPSA) is 46.0 Å². The normalized spacial score (nSPS) is 11.2. The molecular weight excluding hydrogens is 262 g/mol. The second kappa shape index (κ2) is 7.90. The maximum atomic E-state index is 3.92. The third kappa shape index (κ3) is 4.65. The van der Waals surface area contributed by atoms with Crippen LogP contribution in [0.25, 0.3) is 0 Å². The van der Waals surface area contributed by atoms with E-state index in [-0.39, 0.29) is 0 Å². The summed E-state index contributed by atoms with van der Waals surface area (Å²) in [5.41, 5.74) is 3.76. The van der Waals surface area contributed by atoms with E-state index in [0.717, 1.165) is 38.4 Å². The molecule has 1 aromatic heterocycles. The third-order valence-corrected chi connectivity index (χ3v) is 3.77. The van der Waals surface area contributed by atoms with Gasteiger partial charge in [0.2, 0.25) is 0 Å². The first kappa shape index (κ1) is 15.7.